The summed E-state index contributed by atoms with van der Waals surface area (Å²) >= 11 is 1.37. The number of nitrogens with zero attached hydrogens (tertiary/aromatic N) is 4. The highest BCUT2D eigenvalue weighted by molar-refractivity contribution is 7.13. The minimum Gasteiger partial charge on any atom is -0.320 e. The summed E-state index contributed by atoms with van der Waals surface area (Å²) in [7, 11) is 0. The van der Waals surface area contributed by atoms with Gasteiger partial charge in [0.15, 0.2) is 0 Å². The third-order valence-corrected chi connectivity index (χ3v) is 6.08. The van der Waals surface area contributed by atoms with Crippen LogP contribution in [-0.4, -0.2) is 52.1 Å². The largest absolute Gasteiger partial charge is 0.320 e. The van der Waals surface area contributed by atoms with Crippen molar-refractivity contribution in [2.24, 2.45) is 0 Å². The summed E-state index contributed by atoms with van der Waals surface area (Å²) in [5.41, 5.74) is 3.52. The first kappa shape index (κ1) is 19.7. The summed E-state index contributed by atoms with van der Waals surface area (Å²) in [4.78, 5) is 17.2. The van der Waals surface area contributed by atoms with Gasteiger partial charge in [0.1, 0.15) is 5.01 Å². The number of benzene rings is 2. The standard InChI is InChI=1S/C22H25N5OS/c1-17-7-5-6-8-18(17)15-26-11-13-27(14-12-26)16-20-24-25-22(29-20)21(28)23-19-9-3-2-4-10-19/h2-10H,11-16H2,1H3,(H,23,28). The average molecular weight is 408 g/mol. The topological polar surface area (TPSA) is 61.4 Å². The van der Waals surface area contributed by atoms with Gasteiger partial charge in [-0.1, -0.05) is 53.8 Å². The second-order valence-electron chi connectivity index (χ2n) is 7.30. The van der Waals surface area contributed by atoms with E-state index in [0.29, 0.717) is 5.01 Å². The van der Waals surface area contributed by atoms with Crippen LogP contribution in [0.1, 0.15) is 25.9 Å². The van der Waals surface area contributed by atoms with Crippen molar-refractivity contribution in [3.63, 3.8) is 0 Å². The van der Waals surface area contributed by atoms with Crippen LogP contribution in [0, 0.1) is 6.92 Å². The van der Waals surface area contributed by atoms with E-state index in [9.17, 15) is 4.79 Å². The van der Waals surface area contributed by atoms with Crippen molar-refractivity contribution in [2.45, 2.75) is 20.0 Å². The molecule has 3 aromatic rings. The first-order valence-electron chi connectivity index (χ1n) is 9.85. The molecule has 0 atom stereocenters. The Hall–Kier alpha value is -2.61. The lowest BCUT2D eigenvalue weighted by molar-refractivity contribution is 0.102. The molecule has 0 unspecified atom stereocenters. The van der Waals surface area contributed by atoms with E-state index < -0.39 is 0 Å². The Kier molecular flexibility index (Phi) is 6.29. The van der Waals surface area contributed by atoms with Crippen molar-refractivity contribution in [3.05, 3.63) is 75.7 Å². The fourth-order valence-electron chi connectivity index (χ4n) is 3.44. The van der Waals surface area contributed by atoms with Crippen molar-refractivity contribution in [1.29, 1.82) is 0 Å². The summed E-state index contributed by atoms with van der Waals surface area (Å²) in [6.07, 6.45) is 0. The molecule has 0 spiro atoms. The maximum absolute atomic E-state index is 12.3. The Bertz CT molecular complexity index is 951. The molecule has 1 aliphatic heterocycles. The molecule has 1 N–H and O–H groups in total. The van der Waals surface area contributed by atoms with Gasteiger partial charge in [-0.25, -0.2) is 0 Å². The highest BCUT2D eigenvalue weighted by Gasteiger charge is 2.20. The minimum absolute atomic E-state index is 0.206. The molecule has 0 radical (unpaired) electrons. The predicted molar refractivity (Wildman–Crippen MR) is 116 cm³/mol. The van der Waals surface area contributed by atoms with Crippen LogP contribution in [0.15, 0.2) is 54.6 Å². The summed E-state index contributed by atoms with van der Waals surface area (Å²) in [6.45, 7) is 7.99. The quantitative estimate of drug-likeness (QED) is 0.678. The van der Waals surface area contributed by atoms with Gasteiger partial charge < -0.3 is 5.32 Å². The van der Waals surface area contributed by atoms with Crippen molar-refractivity contribution in [2.75, 3.05) is 31.5 Å². The molecule has 4 rings (SSSR count). The first-order chi connectivity index (χ1) is 14.2. The number of carbonyl (C=O) groups excluding carboxylic acids is 1. The molecule has 150 valence electrons. The molecular formula is C22H25N5OS. The van der Waals surface area contributed by atoms with Crippen LogP contribution in [-0.2, 0) is 13.1 Å². The lowest BCUT2D eigenvalue weighted by Crippen LogP contribution is -2.45. The van der Waals surface area contributed by atoms with E-state index in [1.807, 2.05) is 30.3 Å². The van der Waals surface area contributed by atoms with E-state index in [1.165, 1.54) is 22.5 Å². The molecule has 1 aromatic heterocycles. The monoisotopic (exact) mass is 407 g/mol. The molecule has 7 heteroatoms. The van der Waals surface area contributed by atoms with Gasteiger partial charge in [-0.2, -0.15) is 0 Å². The van der Waals surface area contributed by atoms with Crippen LogP contribution in [0.25, 0.3) is 0 Å². The zero-order valence-electron chi connectivity index (χ0n) is 16.5. The van der Waals surface area contributed by atoms with Crippen LogP contribution in [0.3, 0.4) is 0 Å². The molecular weight excluding hydrogens is 382 g/mol. The zero-order chi connectivity index (χ0) is 20.1. The molecule has 1 fully saturated rings. The lowest BCUT2D eigenvalue weighted by Gasteiger charge is -2.34. The van der Waals surface area contributed by atoms with Gasteiger partial charge in [0.05, 0.1) is 6.54 Å². The van der Waals surface area contributed by atoms with Crippen LogP contribution >= 0.6 is 11.3 Å². The average Bonchev–Trinajstić information content (AvgIpc) is 3.21. The molecule has 29 heavy (non-hydrogen) atoms. The maximum atomic E-state index is 12.3. The number of rotatable bonds is 6. The second kappa shape index (κ2) is 9.26. The van der Waals surface area contributed by atoms with E-state index in [-0.39, 0.29) is 5.91 Å². The van der Waals surface area contributed by atoms with Gasteiger partial charge in [-0.3, -0.25) is 14.6 Å². The number of hydrogen-bond donors (Lipinski definition) is 1. The Morgan fingerprint density at radius 2 is 1.59 bits per heavy atom. The van der Waals surface area contributed by atoms with E-state index in [4.69, 9.17) is 0 Å². The lowest BCUT2D eigenvalue weighted by atomic mass is 10.1. The Labute approximate surface area is 175 Å². The number of nitrogens with one attached hydrogen (secondary N) is 1. The van der Waals surface area contributed by atoms with E-state index in [2.05, 4.69) is 56.5 Å². The number of aryl methyl sites for hydroxylation is 1. The third-order valence-electron chi connectivity index (χ3n) is 5.17. The molecule has 2 heterocycles. The molecule has 1 aliphatic rings. The van der Waals surface area contributed by atoms with Crippen LogP contribution in [0.4, 0.5) is 5.69 Å². The third kappa shape index (κ3) is 5.26. The van der Waals surface area contributed by atoms with E-state index in [1.54, 1.807) is 0 Å². The molecule has 6 nitrogen and oxygen atoms in total. The zero-order valence-corrected chi connectivity index (χ0v) is 17.4. The fourth-order valence-corrected chi connectivity index (χ4v) is 4.22. The fraction of sp³-hybridized carbons (Fsp3) is 0.318. The smallest absolute Gasteiger partial charge is 0.286 e. The van der Waals surface area contributed by atoms with Crippen LogP contribution in [0.2, 0.25) is 0 Å². The predicted octanol–water partition coefficient (Wildman–Crippen LogP) is 3.42. The van der Waals surface area contributed by atoms with Crippen LogP contribution in [0.5, 0.6) is 0 Å². The van der Waals surface area contributed by atoms with Crippen LogP contribution < -0.4 is 5.32 Å². The van der Waals surface area contributed by atoms with E-state index in [0.717, 1.165) is 50.0 Å². The minimum atomic E-state index is -0.206. The van der Waals surface area contributed by atoms with Crippen molar-refractivity contribution < 1.29 is 4.79 Å². The maximum Gasteiger partial charge on any atom is 0.286 e. The number of aromatic nitrogens is 2. The second-order valence-corrected chi connectivity index (χ2v) is 8.36. The van der Waals surface area contributed by atoms with Gasteiger partial charge in [0.25, 0.3) is 5.91 Å². The molecule has 0 saturated carbocycles. The molecule has 2 aromatic carbocycles. The molecule has 1 amide bonds. The summed E-state index contributed by atoms with van der Waals surface area (Å²) < 4.78 is 0. The Morgan fingerprint density at radius 3 is 2.31 bits per heavy atom. The van der Waals surface area contributed by atoms with Gasteiger partial charge in [0, 0.05) is 38.4 Å². The first-order valence-corrected chi connectivity index (χ1v) is 10.7. The SMILES string of the molecule is Cc1ccccc1CN1CCN(Cc2nnc(C(=O)Nc3ccccc3)s2)CC1. The molecule has 1 saturated heterocycles. The number of hydrogen-bond acceptors (Lipinski definition) is 6. The number of amides is 1. The highest BCUT2D eigenvalue weighted by atomic mass is 32.1. The molecule has 0 aliphatic carbocycles. The number of para-hydroxylation sites is 1. The van der Waals surface area contributed by atoms with Crippen molar-refractivity contribution in [3.8, 4) is 0 Å². The Balaban J connectivity index is 1.27. The number of carbonyl (C=O) groups is 1. The van der Waals surface area contributed by atoms with Gasteiger partial charge in [-0.05, 0) is 30.2 Å². The summed E-state index contributed by atoms with van der Waals surface area (Å²) in [5, 5.41) is 12.4. The number of piperazine rings is 1. The van der Waals surface area contributed by atoms with Gasteiger partial charge in [0.2, 0.25) is 5.01 Å². The summed E-state index contributed by atoms with van der Waals surface area (Å²) in [5.74, 6) is -0.206. The van der Waals surface area contributed by atoms with E-state index >= 15 is 0 Å². The Morgan fingerprint density at radius 1 is 0.931 bits per heavy atom. The number of anilines is 1. The van der Waals surface area contributed by atoms with Crippen molar-refractivity contribution >= 4 is 22.9 Å². The molecule has 0 bridgehead atoms. The normalized spacial score (nSPS) is 15.3. The summed E-state index contributed by atoms with van der Waals surface area (Å²) in [6, 6.07) is 18.0. The van der Waals surface area contributed by atoms with Gasteiger partial charge in [-0.15, -0.1) is 10.2 Å². The van der Waals surface area contributed by atoms with Gasteiger partial charge >= 0.3 is 0 Å². The van der Waals surface area contributed by atoms with Crippen molar-refractivity contribution in [1.82, 2.24) is 20.0 Å². The highest BCUT2D eigenvalue weighted by Crippen LogP contribution is 2.17.